The van der Waals surface area contributed by atoms with Crippen molar-refractivity contribution in [3.05, 3.63) is 35.4 Å². The summed E-state index contributed by atoms with van der Waals surface area (Å²) in [6.45, 7) is 0. The molecule has 0 unspecified atom stereocenters. The summed E-state index contributed by atoms with van der Waals surface area (Å²) in [6.07, 6.45) is -3.00. The second kappa shape index (κ2) is 5.69. The number of nitrogens with one attached hydrogen (secondary N) is 2. The molecule has 3 nitrogen and oxygen atoms in total. The Hall–Kier alpha value is -1.30. The largest absolute Gasteiger partial charge is 0.419 e. The van der Waals surface area contributed by atoms with Crippen molar-refractivity contribution in [2.45, 2.75) is 11.8 Å². The minimum Gasteiger partial charge on any atom is -0.419 e. The van der Waals surface area contributed by atoms with Gasteiger partial charge < -0.3 is 4.74 Å². The first-order valence-corrected chi connectivity index (χ1v) is 5.45. The molecule has 0 atom stereocenters. The zero-order valence-corrected chi connectivity index (χ0v) is 9.72. The lowest BCUT2D eigenvalue weighted by molar-refractivity contribution is 0.197. The Morgan fingerprint density at radius 2 is 1.81 bits per heavy atom. The second-order valence-corrected chi connectivity index (χ2v) is 3.49. The highest BCUT2D eigenvalue weighted by molar-refractivity contribution is 9.08. The standard InChI is InChI=1S/C10H9BrF2N2O/c11-5-6-1-3-7(4-2-6)9(14)16-10(15)8(12)13/h1-4,8,14-15H,5H2. The van der Waals surface area contributed by atoms with Crippen molar-refractivity contribution >= 4 is 27.7 Å². The van der Waals surface area contributed by atoms with Gasteiger partial charge in [-0.3, -0.25) is 10.8 Å². The van der Waals surface area contributed by atoms with Gasteiger partial charge in [-0.25, -0.2) is 0 Å². The predicted octanol–water partition coefficient (Wildman–Crippen LogP) is 3.17. The van der Waals surface area contributed by atoms with Crippen molar-refractivity contribution in [2.24, 2.45) is 0 Å². The zero-order chi connectivity index (χ0) is 12.1. The van der Waals surface area contributed by atoms with Crippen molar-refractivity contribution in [1.29, 1.82) is 10.8 Å². The van der Waals surface area contributed by atoms with E-state index in [0.29, 0.717) is 10.9 Å². The normalized spacial score (nSPS) is 10.2. The van der Waals surface area contributed by atoms with Crippen LogP contribution in [0.4, 0.5) is 8.78 Å². The Bertz CT molecular complexity index is 392. The SMILES string of the molecule is N=C(OC(=N)C(F)F)c1ccc(CBr)cc1. The number of hydrogen-bond acceptors (Lipinski definition) is 3. The average molecular weight is 291 g/mol. The van der Waals surface area contributed by atoms with Crippen LogP contribution in [0, 0.1) is 10.8 Å². The molecule has 0 amide bonds. The molecule has 0 spiro atoms. The van der Waals surface area contributed by atoms with Gasteiger partial charge in [0.2, 0.25) is 5.90 Å². The molecule has 6 heteroatoms. The molecular formula is C10H9BrF2N2O. The van der Waals surface area contributed by atoms with Crippen LogP contribution in [0.15, 0.2) is 24.3 Å². The van der Waals surface area contributed by atoms with Crippen LogP contribution in [-0.2, 0) is 10.1 Å². The fourth-order valence-electron chi connectivity index (χ4n) is 0.959. The number of alkyl halides is 3. The quantitative estimate of drug-likeness (QED) is 0.501. The van der Waals surface area contributed by atoms with Crippen molar-refractivity contribution in [3.8, 4) is 0 Å². The first-order chi connectivity index (χ1) is 7.54. The summed E-state index contributed by atoms with van der Waals surface area (Å²) < 4.78 is 28.3. The van der Waals surface area contributed by atoms with E-state index in [1.165, 1.54) is 0 Å². The Balaban J connectivity index is 2.70. The molecule has 0 aliphatic rings. The van der Waals surface area contributed by atoms with Gasteiger partial charge in [-0.15, -0.1) is 0 Å². The zero-order valence-electron chi connectivity index (χ0n) is 8.14. The molecule has 0 heterocycles. The maximum Gasteiger partial charge on any atom is 0.312 e. The molecule has 0 aliphatic heterocycles. The number of rotatable bonds is 3. The summed E-state index contributed by atoms with van der Waals surface area (Å²) in [5.41, 5.74) is 1.36. The van der Waals surface area contributed by atoms with Gasteiger partial charge in [0, 0.05) is 10.9 Å². The van der Waals surface area contributed by atoms with Crippen LogP contribution in [0.2, 0.25) is 0 Å². The highest BCUT2D eigenvalue weighted by atomic mass is 79.9. The van der Waals surface area contributed by atoms with Crippen LogP contribution < -0.4 is 0 Å². The molecule has 1 aromatic carbocycles. The van der Waals surface area contributed by atoms with Gasteiger partial charge in [0.1, 0.15) is 0 Å². The van der Waals surface area contributed by atoms with Gasteiger partial charge in [0.15, 0.2) is 0 Å². The van der Waals surface area contributed by atoms with Crippen LogP contribution in [0.3, 0.4) is 0 Å². The highest BCUT2D eigenvalue weighted by Gasteiger charge is 2.15. The molecule has 0 saturated carbocycles. The first kappa shape index (κ1) is 12.8. The van der Waals surface area contributed by atoms with Crippen molar-refractivity contribution in [1.82, 2.24) is 0 Å². The predicted molar refractivity (Wildman–Crippen MR) is 60.7 cm³/mol. The van der Waals surface area contributed by atoms with Crippen LogP contribution in [-0.4, -0.2) is 18.2 Å². The molecule has 2 N–H and O–H groups in total. The monoisotopic (exact) mass is 290 g/mol. The first-order valence-electron chi connectivity index (χ1n) is 4.33. The molecule has 0 fully saturated rings. The van der Waals surface area contributed by atoms with Gasteiger partial charge in [-0.05, 0) is 17.7 Å². The van der Waals surface area contributed by atoms with Crippen LogP contribution in [0.5, 0.6) is 0 Å². The Morgan fingerprint density at radius 3 is 2.25 bits per heavy atom. The third-order valence-corrected chi connectivity index (χ3v) is 2.43. The van der Waals surface area contributed by atoms with Gasteiger partial charge in [-0.1, -0.05) is 28.1 Å². The van der Waals surface area contributed by atoms with E-state index >= 15 is 0 Å². The highest BCUT2D eigenvalue weighted by Crippen LogP contribution is 2.09. The lowest BCUT2D eigenvalue weighted by Crippen LogP contribution is -2.18. The number of benzene rings is 1. The number of halogens is 3. The van der Waals surface area contributed by atoms with Crippen molar-refractivity contribution in [3.63, 3.8) is 0 Å². The van der Waals surface area contributed by atoms with E-state index in [4.69, 9.17) is 10.8 Å². The lowest BCUT2D eigenvalue weighted by Gasteiger charge is -2.07. The van der Waals surface area contributed by atoms with E-state index in [1.807, 2.05) is 0 Å². The van der Waals surface area contributed by atoms with E-state index < -0.39 is 18.2 Å². The minimum absolute atomic E-state index is 0.357. The summed E-state index contributed by atoms with van der Waals surface area (Å²) in [4.78, 5) is 0. The molecular weight excluding hydrogens is 282 g/mol. The van der Waals surface area contributed by atoms with E-state index in [9.17, 15) is 8.78 Å². The molecule has 0 bridgehead atoms. The van der Waals surface area contributed by atoms with Crippen LogP contribution in [0.25, 0.3) is 0 Å². The Kier molecular flexibility index (Phi) is 4.54. The third-order valence-electron chi connectivity index (χ3n) is 1.78. The summed E-state index contributed by atoms with van der Waals surface area (Å²) >= 11 is 3.26. The fourth-order valence-corrected chi connectivity index (χ4v) is 1.33. The Labute approximate surface area is 99.6 Å². The van der Waals surface area contributed by atoms with Crippen molar-refractivity contribution in [2.75, 3.05) is 0 Å². The van der Waals surface area contributed by atoms with Crippen LogP contribution >= 0.6 is 15.9 Å². The second-order valence-electron chi connectivity index (χ2n) is 2.93. The molecule has 86 valence electrons. The van der Waals surface area contributed by atoms with Gasteiger partial charge in [-0.2, -0.15) is 8.78 Å². The fraction of sp³-hybridized carbons (Fsp3) is 0.200. The van der Waals surface area contributed by atoms with Crippen molar-refractivity contribution < 1.29 is 13.5 Å². The Morgan fingerprint density at radius 1 is 1.25 bits per heavy atom. The van der Waals surface area contributed by atoms with E-state index in [0.717, 1.165) is 5.56 Å². The lowest BCUT2D eigenvalue weighted by atomic mass is 10.1. The molecule has 0 saturated heterocycles. The summed E-state index contributed by atoms with van der Waals surface area (Å²) in [6, 6.07) is 6.65. The molecule has 1 aromatic rings. The summed E-state index contributed by atoms with van der Waals surface area (Å²) in [5.74, 6) is -1.67. The maximum absolute atomic E-state index is 12.0. The van der Waals surface area contributed by atoms with Crippen LogP contribution in [0.1, 0.15) is 11.1 Å². The van der Waals surface area contributed by atoms with Gasteiger partial charge in [0.05, 0.1) is 0 Å². The average Bonchev–Trinajstić information content (AvgIpc) is 2.28. The van der Waals surface area contributed by atoms with Gasteiger partial charge >= 0.3 is 6.43 Å². The topological polar surface area (TPSA) is 56.9 Å². The molecule has 1 rings (SSSR count). The maximum atomic E-state index is 12.0. The van der Waals surface area contributed by atoms with E-state index in [-0.39, 0.29) is 0 Å². The summed E-state index contributed by atoms with van der Waals surface area (Å²) in [5, 5.41) is 14.8. The van der Waals surface area contributed by atoms with Gasteiger partial charge in [0.25, 0.3) is 5.90 Å². The summed E-state index contributed by atoms with van der Waals surface area (Å²) in [7, 11) is 0. The van der Waals surface area contributed by atoms with E-state index in [2.05, 4.69) is 20.7 Å². The smallest absolute Gasteiger partial charge is 0.312 e. The molecule has 0 radical (unpaired) electrons. The molecule has 16 heavy (non-hydrogen) atoms. The number of ether oxygens (including phenoxy) is 1. The molecule has 0 aliphatic carbocycles. The number of hydrogen-bond donors (Lipinski definition) is 2. The molecule has 0 aromatic heterocycles. The minimum atomic E-state index is -3.00. The third kappa shape index (κ3) is 3.37. The van der Waals surface area contributed by atoms with E-state index in [1.54, 1.807) is 24.3 Å².